The summed E-state index contributed by atoms with van der Waals surface area (Å²) in [5.74, 6) is -0.343. The molecule has 4 heteroatoms. The molecule has 0 saturated carbocycles. The summed E-state index contributed by atoms with van der Waals surface area (Å²) in [6.45, 7) is 5.75. The average Bonchev–Trinajstić information content (AvgIpc) is 2.11. The van der Waals surface area contributed by atoms with Crippen LogP contribution in [0.3, 0.4) is 0 Å². The molecule has 0 aromatic heterocycles. The maximum Gasteiger partial charge on any atom is 0.263 e. The molecule has 0 aliphatic carbocycles. The van der Waals surface area contributed by atoms with Gasteiger partial charge in [-0.15, -0.1) is 11.8 Å². The van der Waals surface area contributed by atoms with Crippen molar-refractivity contribution in [1.29, 1.82) is 0 Å². The fourth-order valence-electron chi connectivity index (χ4n) is 0.466. The monoisotopic (exact) mass is 189 g/mol. The lowest BCUT2D eigenvalue weighted by molar-refractivity contribution is -0.121. The molecule has 0 aromatic carbocycles. The largest absolute Gasteiger partial charge is 0.295 e. The SMILES string of the molecule is C/C=C(/SC)C(=O)NC=O.CC. The van der Waals surface area contributed by atoms with E-state index in [1.54, 1.807) is 19.3 Å². The molecule has 1 N–H and O–H groups in total. The van der Waals surface area contributed by atoms with Gasteiger partial charge in [0.25, 0.3) is 5.91 Å². The van der Waals surface area contributed by atoms with Crippen LogP contribution in [-0.2, 0) is 9.59 Å². The number of allylic oxidation sites excluding steroid dienone is 1. The minimum absolute atomic E-state index is 0.343. The lowest BCUT2D eigenvalue weighted by atomic mass is 10.5. The van der Waals surface area contributed by atoms with Crippen molar-refractivity contribution in [2.24, 2.45) is 0 Å². The zero-order chi connectivity index (χ0) is 9.98. The molecule has 3 nitrogen and oxygen atoms in total. The number of thioether (sulfide) groups is 1. The summed E-state index contributed by atoms with van der Waals surface area (Å²) in [4.78, 5) is 21.1. The molecule has 0 aromatic rings. The van der Waals surface area contributed by atoms with Crippen LogP contribution in [0.1, 0.15) is 20.8 Å². The molecule has 0 aliphatic rings. The Morgan fingerprint density at radius 3 is 2.17 bits per heavy atom. The van der Waals surface area contributed by atoms with E-state index in [0.29, 0.717) is 11.3 Å². The van der Waals surface area contributed by atoms with Gasteiger partial charge in [-0.3, -0.25) is 14.9 Å². The number of carbonyl (C=O) groups is 2. The smallest absolute Gasteiger partial charge is 0.263 e. The normalized spacial score (nSPS) is 9.50. The fraction of sp³-hybridized carbons (Fsp3) is 0.500. The van der Waals surface area contributed by atoms with E-state index in [1.807, 2.05) is 19.2 Å². The van der Waals surface area contributed by atoms with E-state index in [-0.39, 0.29) is 5.91 Å². The predicted molar refractivity (Wildman–Crippen MR) is 52.8 cm³/mol. The number of amides is 2. The Morgan fingerprint density at radius 2 is 1.92 bits per heavy atom. The van der Waals surface area contributed by atoms with Crippen molar-refractivity contribution in [3.63, 3.8) is 0 Å². The molecule has 0 atom stereocenters. The van der Waals surface area contributed by atoms with Gasteiger partial charge in [-0.2, -0.15) is 0 Å². The molecule has 12 heavy (non-hydrogen) atoms. The van der Waals surface area contributed by atoms with Gasteiger partial charge in [0.05, 0.1) is 4.91 Å². The summed E-state index contributed by atoms with van der Waals surface area (Å²) in [6, 6.07) is 0. The summed E-state index contributed by atoms with van der Waals surface area (Å²) in [5.41, 5.74) is 0. The first-order chi connectivity index (χ1) is 5.76. The molecule has 0 aliphatic heterocycles. The minimum atomic E-state index is -0.343. The average molecular weight is 189 g/mol. The number of rotatable bonds is 3. The van der Waals surface area contributed by atoms with E-state index in [2.05, 4.69) is 0 Å². The molecule has 0 heterocycles. The summed E-state index contributed by atoms with van der Waals surface area (Å²) < 4.78 is 0. The highest BCUT2D eigenvalue weighted by molar-refractivity contribution is 8.03. The molecular formula is C8H15NO2S. The molecule has 0 fully saturated rings. The molecular weight excluding hydrogens is 174 g/mol. The third-order valence-electron chi connectivity index (χ3n) is 0.896. The third-order valence-corrected chi connectivity index (χ3v) is 1.76. The summed E-state index contributed by atoms with van der Waals surface area (Å²) >= 11 is 1.31. The molecule has 0 spiro atoms. The van der Waals surface area contributed by atoms with Gasteiger partial charge >= 0.3 is 0 Å². The second kappa shape index (κ2) is 10.2. The Kier molecular flexibility index (Phi) is 11.8. The van der Waals surface area contributed by atoms with Crippen LogP contribution in [0.2, 0.25) is 0 Å². The molecule has 70 valence electrons. The van der Waals surface area contributed by atoms with Crippen LogP contribution >= 0.6 is 11.8 Å². The van der Waals surface area contributed by atoms with Crippen molar-refractivity contribution < 1.29 is 9.59 Å². The Labute approximate surface area is 77.6 Å². The van der Waals surface area contributed by atoms with E-state index < -0.39 is 0 Å². The van der Waals surface area contributed by atoms with Crippen LogP contribution in [0, 0.1) is 0 Å². The summed E-state index contributed by atoms with van der Waals surface area (Å²) in [7, 11) is 0. The highest BCUT2D eigenvalue weighted by Crippen LogP contribution is 2.09. The fourth-order valence-corrected chi connectivity index (χ4v) is 0.946. The zero-order valence-corrected chi connectivity index (χ0v) is 8.70. The molecule has 0 unspecified atom stereocenters. The first-order valence-electron chi connectivity index (χ1n) is 3.71. The number of hydrogen-bond acceptors (Lipinski definition) is 3. The topological polar surface area (TPSA) is 46.2 Å². The molecule has 0 radical (unpaired) electrons. The van der Waals surface area contributed by atoms with Crippen LogP contribution in [0.4, 0.5) is 0 Å². The van der Waals surface area contributed by atoms with Gasteiger partial charge in [0, 0.05) is 0 Å². The maximum atomic E-state index is 10.8. The van der Waals surface area contributed by atoms with Crippen LogP contribution in [0.5, 0.6) is 0 Å². The summed E-state index contributed by atoms with van der Waals surface area (Å²) in [5, 5.41) is 2.04. The quantitative estimate of drug-likeness (QED) is 0.541. The first kappa shape index (κ1) is 13.8. The lowest BCUT2D eigenvalue weighted by Gasteiger charge is -1.97. The second-order valence-corrected chi connectivity index (χ2v) is 2.30. The maximum absolute atomic E-state index is 10.8. The lowest BCUT2D eigenvalue weighted by Crippen LogP contribution is -2.21. The Morgan fingerprint density at radius 1 is 1.42 bits per heavy atom. The van der Waals surface area contributed by atoms with Crippen LogP contribution < -0.4 is 5.32 Å². The van der Waals surface area contributed by atoms with Gasteiger partial charge in [0.2, 0.25) is 6.41 Å². The number of imide groups is 1. The van der Waals surface area contributed by atoms with Crippen LogP contribution in [0.25, 0.3) is 0 Å². The minimum Gasteiger partial charge on any atom is -0.295 e. The van der Waals surface area contributed by atoms with Gasteiger partial charge in [-0.05, 0) is 13.2 Å². The highest BCUT2D eigenvalue weighted by Gasteiger charge is 2.03. The van der Waals surface area contributed by atoms with Gasteiger partial charge in [-0.1, -0.05) is 19.9 Å². The number of nitrogens with one attached hydrogen (secondary N) is 1. The zero-order valence-electron chi connectivity index (χ0n) is 7.88. The van der Waals surface area contributed by atoms with E-state index in [9.17, 15) is 9.59 Å². The first-order valence-corrected chi connectivity index (χ1v) is 4.93. The number of carbonyl (C=O) groups excluding carboxylic acids is 2. The molecule has 0 rings (SSSR count). The van der Waals surface area contributed by atoms with Crippen molar-refractivity contribution in [1.82, 2.24) is 5.32 Å². The van der Waals surface area contributed by atoms with E-state index >= 15 is 0 Å². The van der Waals surface area contributed by atoms with Crippen molar-refractivity contribution in [2.45, 2.75) is 20.8 Å². The van der Waals surface area contributed by atoms with E-state index in [0.717, 1.165) is 0 Å². The van der Waals surface area contributed by atoms with Crippen LogP contribution in [-0.4, -0.2) is 18.6 Å². The Bertz CT molecular complexity index is 166. The van der Waals surface area contributed by atoms with Gasteiger partial charge < -0.3 is 0 Å². The van der Waals surface area contributed by atoms with Gasteiger partial charge in [0.1, 0.15) is 0 Å². The Hall–Kier alpha value is -0.770. The number of hydrogen-bond donors (Lipinski definition) is 1. The predicted octanol–water partition coefficient (Wildman–Crippen LogP) is 1.55. The molecule has 2 amide bonds. The van der Waals surface area contributed by atoms with Crippen molar-refractivity contribution in [2.75, 3.05) is 6.26 Å². The van der Waals surface area contributed by atoms with Gasteiger partial charge in [-0.25, -0.2) is 0 Å². The van der Waals surface area contributed by atoms with Crippen LogP contribution in [0.15, 0.2) is 11.0 Å². The van der Waals surface area contributed by atoms with Gasteiger partial charge in [0.15, 0.2) is 0 Å². The molecule has 0 saturated heterocycles. The van der Waals surface area contributed by atoms with E-state index in [1.165, 1.54) is 11.8 Å². The molecule has 0 bridgehead atoms. The van der Waals surface area contributed by atoms with Crippen molar-refractivity contribution >= 4 is 24.1 Å². The standard InChI is InChI=1S/C6H9NO2S.C2H6/c1-3-5(10-2)6(9)7-4-8;1-2/h3-4H,1-2H3,(H,7,8,9);1-2H3/b5-3+;. The highest BCUT2D eigenvalue weighted by atomic mass is 32.2. The third kappa shape index (κ3) is 5.97. The Balaban J connectivity index is 0. The van der Waals surface area contributed by atoms with Crippen molar-refractivity contribution in [3.8, 4) is 0 Å². The van der Waals surface area contributed by atoms with Crippen molar-refractivity contribution in [3.05, 3.63) is 11.0 Å². The van der Waals surface area contributed by atoms with E-state index in [4.69, 9.17) is 0 Å². The summed E-state index contributed by atoms with van der Waals surface area (Å²) in [6.07, 6.45) is 3.81. The second-order valence-electron chi connectivity index (χ2n) is 1.45.